The normalized spacial score (nSPS) is 17.9. The Balaban J connectivity index is 1.41. The van der Waals surface area contributed by atoms with E-state index < -0.39 is 23.3 Å². The first-order valence-electron chi connectivity index (χ1n) is 10.7. The van der Waals surface area contributed by atoms with Crippen molar-refractivity contribution in [3.63, 3.8) is 0 Å². The summed E-state index contributed by atoms with van der Waals surface area (Å²) in [5.74, 6) is -1.18. The van der Waals surface area contributed by atoms with E-state index in [1.165, 1.54) is 16.7 Å². The zero-order valence-corrected chi connectivity index (χ0v) is 17.8. The fourth-order valence-electron chi connectivity index (χ4n) is 4.67. The van der Waals surface area contributed by atoms with E-state index >= 15 is 0 Å². The highest BCUT2D eigenvalue weighted by atomic mass is 19.1. The van der Waals surface area contributed by atoms with Gasteiger partial charge in [-0.3, -0.25) is 10.1 Å². The molecule has 0 spiro atoms. The van der Waals surface area contributed by atoms with Gasteiger partial charge in [-0.2, -0.15) is 0 Å². The van der Waals surface area contributed by atoms with Crippen LogP contribution in [-0.4, -0.2) is 26.6 Å². The molecule has 3 amide bonds. The van der Waals surface area contributed by atoms with E-state index in [9.17, 15) is 19.1 Å². The van der Waals surface area contributed by atoms with Gasteiger partial charge >= 0.3 is 6.03 Å². The molecule has 3 aromatic carbocycles. The van der Waals surface area contributed by atoms with Gasteiger partial charge in [0.05, 0.1) is 6.54 Å². The Morgan fingerprint density at radius 1 is 0.912 bits per heavy atom. The molecule has 0 bridgehead atoms. The first kappa shape index (κ1) is 20.0. The number of hydrogen-bond donors (Lipinski definition) is 4. The average molecular weight is 454 g/mol. The standard InChI is InChI=1S/C26H19FN4O3/c27-20-7-3-18-13-31(23(32)21(18)12-20)14-26(24(33)29-25(34)30-26)19-5-1-15(2-6-19)16-4-8-22-17(11-16)9-10-28-22/h1-13,28,32H,14H2,(H2,29,30,33,34)/t26-/m0/s1. The Morgan fingerprint density at radius 2 is 1.71 bits per heavy atom. The number of nitrogens with zero attached hydrogens (tertiary/aromatic N) is 1. The minimum absolute atomic E-state index is 0.0681. The lowest BCUT2D eigenvalue weighted by Crippen LogP contribution is -2.47. The monoisotopic (exact) mass is 454 g/mol. The van der Waals surface area contributed by atoms with Crippen molar-refractivity contribution in [2.24, 2.45) is 0 Å². The van der Waals surface area contributed by atoms with Gasteiger partial charge in [-0.15, -0.1) is 0 Å². The molecule has 1 aliphatic rings. The highest BCUT2D eigenvalue weighted by Crippen LogP contribution is 2.34. The number of aromatic amines is 1. The van der Waals surface area contributed by atoms with Crippen molar-refractivity contribution < 1.29 is 19.1 Å². The second kappa shape index (κ2) is 7.21. The molecule has 4 N–H and O–H groups in total. The van der Waals surface area contributed by atoms with Crippen LogP contribution in [0.4, 0.5) is 9.18 Å². The van der Waals surface area contributed by atoms with Crippen LogP contribution in [-0.2, 0) is 16.9 Å². The van der Waals surface area contributed by atoms with Gasteiger partial charge < -0.3 is 20.0 Å². The maximum absolute atomic E-state index is 13.7. The molecular formula is C26H19FN4O3. The van der Waals surface area contributed by atoms with Crippen molar-refractivity contribution in [3.05, 3.63) is 90.5 Å². The Morgan fingerprint density at radius 3 is 2.47 bits per heavy atom. The first-order chi connectivity index (χ1) is 16.4. The van der Waals surface area contributed by atoms with Gasteiger partial charge in [0.25, 0.3) is 5.91 Å². The predicted octanol–water partition coefficient (Wildman–Crippen LogP) is 4.37. The number of rotatable bonds is 4. The van der Waals surface area contributed by atoms with Gasteiger partial charge in [-0.05, 0) is 58.5 Å². The number of fused-ring (bicyclic) bond motifs is 2. The summed E-state index contributed by atoms with van der Waals surface area (Å²) in [6.45, 7) is -0.0681. The number of amides is 3. The number of halogens is 1. The Bertz CT molecular complexity index is 1600. The van der Waals surface area contributed by atoms with Gasteiger partial charge in [0.1, 0.15) is 5.82 Å². The molecule has 168 valence electrons. The zero-order chi connectivity index (χ0) is 23.4. The smallest absolute Gasteiger partial charge is 0.322 e. The maximum Gasteiger partial charge on any atom is 0.322 e. The minimum Gasteiger partial charge on any atom is -0.494 e. The summed E-state index contributed by atoms with van der Waals surface area (Å²) >= 11 is 0. The summed E-state index contributed by atoms with van der Waals surface area (Å²) in [7, 11) is 0. The predicted molar refractivity (Wildman–Crippen MR) is 126 cm³/mol. The molecule has 0 saturated carbocycles. The molecule has 3 heterocycles. The maximum atomic E-state index is 13.7. The number of urea groups is 1. The molecule has 2 aromatic heterocycles. The lowest BCUT2D eigenvalue weighted by atomic mass is 9.88. The number of imide groups is 1. The lowest BCUT2D eigenvalue weighted by Gasteiger charge is -2.27. The Kier molecular flexibility index (Phi) is 4.25. The largest absolute Gasteiger partial charge is 0.494 e. The SMILES string of the molecule is O=C1NC(=O)[C@](Cn2cc3ccc(F)cc3c2O)(c2ccc(-c3ccc4[nH]ccc4c3)cc2)N1. The van der Waals surface area contributed by atoms with E-state index in [1.54, 1.807) is 24.4 Å². The summed E-state index contributed by atoms with van der Waals surface area (Å²) in [4.78, 5) is 28.3. The number of benzene rings is 3. The van der Waals surface area contributed by atoms with Crippen LogP contribution in [0.5, 0.6) is 5.88 Å². The number of nitrogens with one attached hydrogen (secondary N) is 3. The van der Waals surface area contributed by atoms with Crippen LogP contribution in [0.15, 0.2) is 79.1 Å². The van der Waals surface area contributed by atoms with E-state index in [4.69, 9.17) is 0 Å². The third kappa shape index (κ3) is 3.03. The molecule has 1 aliphatic heterocycles. The van der Waals surface area contributed by atoms with Crippen molar-refractivity contribution in [1.29, 1.82) is 0 Å². The second-order valence-electron chi connectivity index (χ2n) is 8.48. The molecular weight excluding hydrogens is 435 g/mol. The van der Waals surface area contributed by atoms with Crippen molar-refractivity contribution in [3.8, 4) is 17.0 Å². The van der Waals surface area contributed by atoms with Gasteiger partial charge in [0.2, 0.25) is 0 Å². The summed E-state index contributed by atoms with van der Waals surface area (Å²) in [5, 5.41) is 17.8. The summed E-state index contributed by atoms with van der Waals surface area (Å²) in [5.41, 5.74) is 2.14. The van der Waals surface area contributed by atoms with Crippen LogP contribution in [0.25, 0.3) is 32.8 Å². The van der Waals surface area contributed by atoms with E-state index in [-0.39, 0.29) is 12.4 Å². The van der Waals surface area contributed by atoms with Crippen LogP contribution in [0.1, 0.15) is 5.56 Å². The number of hydrogen-bond acceptors (Lipinski definition) is 3. The van der Waals surface area contributed by atoms with Crippen molar-refractivity contribution in [2.75, 3.05) is 0 Å². The molecule has 8 heteroatoms. The Hall–Kier alpha value is -4.59. The van der Waals surface area contributed by atoms with E-state index in [0.717, 1.165) is 22.0 Å². The third-order valence-corrected chi connectivity index (χ3v) is 6.44. The molecule has 0 aliphatic carbocycles. The lowest BCUT2D eigenvalue weighted by molar-refractivity contribution is -0.124. The van der Waals surface area contributed by atoms with E-state index in [2.05, 4.69) is 21.7 Å². The number of H-pyrrole nitrogens is 1. The van der Waals surface area contributed by atoms with Crippen molar-refractivity contribution in [1.82, 2.24) is 20.2 Å². The minimum atomic E-state index is -1.44. The summed E-state index contributed by atoms with van der Waals surface area (Å²) < 4.78 is 15.1. The van der Waals surface area contributed by atoms with Gasteiger partial charge in [0, 0.05) is 28.7 Å². The fraction of sp³-hybridized carbons (Fsp3) is 0.0769. The Labute approximate surface area is 192 Å². The molecule has 1 saturated heterocycles. The molecule has 34 heavy (non-hydrogen) atoms. The van der Waals surface area contributed by atoms with Crippen LogP contribution in [0.3, 0.4) is 0 Å². The third-order valence-electron chi connectivity index (χ3n) is 6.44. The van der Waals surface area contributed by atoms with Gasteiger partial charge in [-0.25, -0.2) is 9.18 Å². The van der Waals surface area contributed by atoms with Crippen LogP contribution < -0.4 is 10.6 Å². The quantitative estimate of drug-likeness (QED) is 0.304. The van der Waals surface area contributed by atoms with Crippen molar-refractivity contribution in [2.45, 2.75) is 12.1 Å². The highest BCUT2D eigenvalue weighted by molar-refractivity contribution is 6.07. The zero-order valence-electron chi connectivity index (χ0n) is 17.8. The molecule has 6 rings (SSSR count). The van der Waals surface area contributed by atoms with Crippen molar-refractivity contribution >= 4 is 33.6 Å². The molecule has 7 nitrogen and oxygen atoms in total. The molecule has 1 fully saturated rings. The fourth-order valence-corrected chi connectivity index (χ4v) is 4.67. The molecule has 5 aromatic rings. The summed E-state index contributed by atoms with van der Waals surface area (Å²) in [6, 6.07) is 18.9. The molecule has 0 radical (unpaired) electrons. The van der Waals surface area contributed by atoms with E-state index in [1.807, 2.05) is 36.5 Å². The molecule has 0 unspecified atom stereocenters. The number of aromatic nitrogens is 2. The average Bonchev–Trinajstić information content (AvgIpc) is 3.50. The van der Waals surface area contributed by atoms with Gasteiger partial charge in [0.15, 0.2) is 11.4 Å². The van der Waals surface area contributed by atoms with Gasteiger partial charge in [-0.1, -0.05) is 30.3 Å². The molecule has 1 atom stereocenters. The summed E-state index contributed by atoms with van der Waals surface area (Å²) in [6.07, 6.45) is 3.52. The van der Waals surface area contributed by atoms with Crippen LogP contribution in [0, 0.1) is 5.82 Å². The van der Waals surface area contributed by atoms with Crippen LogP contribution >= 0.6 is 0 Å². The number of carbonyl (C=O) groups excluding carboxylic acids is 2. The highest BCUT2D eigenvalue weighted by Gasteiger charge is 2.48. The topological polar surface area (TPSA) is 99.2 Å². The van der Waals surface area contributed by atoms with Crippen LogP contribution in [0.2, 0.25) is 0 Å². The van der Waals surface area contributed by atoms with E-state index in [0.29, 0.717) is 16.3 Å². The number of aromatic hydroxyl groups is 1. The number of carbonyl (C=O) groups is 2. The second-order valence-corrected chi connectivity index (χ2v) is 8.48. The first-order valence-corrected chi connectivity index (χ1v) is 10.7.